The van der Waals surface area contributed by atoms with Gasteiger partial charge < -0.3 is 14.8 Å². The molecule has 1 aromatic carbocycles. The van der Waals surface area contributed by atoms with Crippen LogP contribution in [0.25, 0.3) is 10.9 Å². The number of aromatic nitrogens is 4. The van der Waals surface area contributed by atoms with E-state index in [1.54, 1.807) is 23.4 Å². The average molecular weight is 336 g/mol. The van der Waals surface area contributed by atoms with Crippen LogP contribution in [0.4, 0.5) is 5.82 Å². The predicted octanol–water partition coefficient (Wildman–Crippen LogP) is 1.76. The van der Waals surface area contributed by atoms with E-state index in [2.05, 4.69) is 25.2 Å². The van der Waals surface area contributed by atoms with Crippen molar-refractivity contribution in [2.75, 3.05) is 18.0 Å². The lowest BCUT2D eigenvalue weighted by molar-refractivity contribution is 0.0928. The molecule has 7 nitrogen and oxygen atoms in total. The molecule has 1 saturated heterocycles. The Morgan fingerprint density at radius 2 is 2.12 bits per heavy atom. The van der Waals surface area contributed by atoms with Gasteiger partial charge in [0.2, 0.25) is 0 Å². The Kier molecular flexibility index (Phi) is 4.05. The zero-order valence-corrected chi connectivity index (χ0v) is 14.1. The van der Waals surface area contributed by atoms with Crippen molar-refractivity contribution in [3.8, 4) is 0 Å². The van der Waals surface area contributed by atoms with Gasteiger partial charge in [-0.1, -0.05) is 12.1 Å². The van der Waals surface area contributed by atoms with E-state index in [1.165, 1.54) is 0 Å². The molecule has 128 valence electrons. The molecule has 0 saturated carbocycles. The van der Waals surface area contributed by atoms with Gasteiger partial charge in [-0.3, -0.25) is 4.79 Å². The quantitative estimate of drug-likeness (QED) is 0.789. The minimum atomic E-state index is -0.125. The van der Waals surface area contributed by atoms with E-state index in [0.717, 1.165) is 42.7 Å². The number of nitrogens with zero attached hydrogens (tertiary/aromatic N) is 5. The summed E-state index contributed by atoms with van der Waals surface area (Å²) in [5.74, 6) is 0.808. The Morgan fingerprint density at radius 3 is 2.96 bits per heavy atom. The first-order chi connectivity index (χ1) is 12.2. The minimum Gasteiger partial charge on any atom is -0.354 e. The molecular weight excluding hydrogens is 316 g/mol. The number of imidazole rings is 1. The molecule has 0 radical (unpaired) electrons. The van der Waals surface area contributed by atoms with Gasteiger partial charge in [-0.05, 0) is 25.0 Å². The van der Waals surface area contributed by atoms with Gasteiger partial charge >= 0.3 is 0 Å². The topological polar surface area (TPSA) is 75.9 Å². The predicted molar refractivity (Wildman–Crippen MR) is 95.4 cm³/mol. The summed E-state index contributed by atoms with van der Waals surface area (Å²) in [6.07, 6.45) is 6.93. The van der Waals surface area contributed by atoms with E-state index < -0.39 is 0 Å². The molecule has 3 heterocycles. The van der Waals surface area contributed by atoms with Crippen LogP contribution in [-0.2, 0) is 7.05 Å². The minimum absolute atomic E-state index is 0.0805. The third kappa shape index (κ3) is 3.17. The highest BCUT2D eigenvalue weighted by Crippen LogP contribution is 2.25. The Labute approximate surface area is 145 Å². The highest BCUT2D eigenvalue weighted by Gasteiger charge is 2.24. The third-order valence-corrected chi connectivity index (χ3v) is 4.52. The number of amides is 1. The molecule has 0 spiro atoms. The molecule has 1 aliphatic rings. The average Bonchev–Trinajstić information content (AvgIpc) is 3.08. The lowest BCUT2D eigenvalue weighted by atomic mass is 10.0. The number of hydrogen-bond acceptors (Lipinski definition) is 5. The van der Waals surface area contributed by atoms with Crippen LogP contribution in [-0.4, -0.2) is 44.6 Å². The van der Waals surface area contributed by atoms with Crippen LogP contribution < -0.4 is 10.2 Å². The van der Waals surface area contributed by atoms with Crippen LogP contribution in [0.15, 0.2) is 43.1 Å². The largest absolute Gasteiger partial charge is 0.354 e. The van der Waals surface area contributed by atoms with Gasteiger partial charge in [0, 0.05) is 37.8 Å². The van der Waals surface area contributed by atoms with Gasteiger partial charge in [-0.15, -0.1) is 0 Å². The highest BCUT2D eigenvalue weighted by molar-refractivity contribution is 5.92. The van der Waals surface area contributed by atoms with Crippen LogP contribution in [0, 0.1) is 0 Å². The number of hydrogen-bond donors (Lipinski definition) is 1. The summed E-state index contributed by atoms with van der Waals surface area (Å²) in [5.41, 5.74) is 1.39. The smallest absolute Gasteiger partial charge is 0.271 e. The first-order valence-corrected chi connectivity index (χ1v) is 8.44. The molecule has 1 unspecified atom stereocenters. The fraction of sp³-hybridized carbons (Fsp3) is 0.333. The van der Waals surface area contributed by atoms with Gasteiger partial charge in [0.25, 0.3) is 5.91 Å². The van der Waals surface area contributed by atoms with E-state index in [1.807, 2.05) is 31.3 Å². The van der Waals surface area contributed by atoms with Gasteiger partial charge in [-0.2, -0.15) is 0 Å². The van der Waals surface area contributed by atoms with Crippen molar-refractivity contribution in [2.45, 2.75) is 18.9 Å². The molecule has 7 heteroatoms. The lowest BCUT2D eigenvalue weighted by Gasteiger charge is -2.34. The van der Waals surface area contributed by atoms with Crippen LogP contribution in [0.5, 0.6) is 0 Å². The van der Waals surface area contributed by atoms with Crippen molar-refractivity contribution < 1.29 is 4.79 Å². The molecule has 3 aromatic rings. The van der Waals surface area contributed by atoms with Gasteiger partial charge in [0.05, 0.1) is 11.8 Å². The Balaban J connectivity index is 1.52. The summed E-state index contributed by atoms with van der Waals surface area (Å²) >= 11 is 0. The lowest BCUT2D eigenvalue weighted by Crippen LogP contribution is -2.48. The SMILES string of the molecule is Cn1cnc(C(=O)NC2CCCN(c3ncnc4ccccc34)C2)c1. The van der Waals surface area contributed by atoms with Crippen molar-refractivity contribution in [1.29, 1.82) is 0 Å². The zero-order valence-electron chi connectivity index (χ0n) is 14.1. The summed E-state index contributed by atoms with van der Waals surface area (Å²) in [7, 11) is 1.85. The Morgan fingerprint density at radius 1 is 1.24 bits per heavy atom. The normalized spacial score (nSPS) is 17.6. The summed E-state index contributed by atoms with van der Waals surface area (Å²) in [6, 6.07) is 8.09. The second-order valence-electron chi connectivity index (χ2n) is 6.40. The van der Waals surface area contributed by atoms with Crippen molar-refractivity contribution in [2.24, 2.45) is 7.05 Å². The molecule has 25 heavy (non-hydrogen) atoms. The van der Waals surface area contributed by atoms with Crippen LogP contribution in [0.2, 0.25) is 0 Å². The fourth-order valence-electron chi connectivity index (χ4n) is 3.32. The van der Waals surface area contributed by atoms with E-state index in [0.29, 0.717) is 5.69 Å². The number of aryl methyl sites for hydroxylation is 1. The summed E-state index contributed by atoms with van der Waals surface area (Å²) in [6.45, 7) is 1.66. The summed E-state index contributed by atoms with van der Waals surface area (Å²) < 4.78 is 1.77. The molecule has 1 N–H and O–H groups in total. The second kappa shape index (κ2) is 6.51. The van der Waals surface area contributed by atoms with Crippen LogP contribution in [0.3, 0.4) is 0 Å². The first-order valence-electron chi connectivity index (χ1n) is 8.44. The number of fused-ring (bicyclic) bond motifs is 1. The molecule has 1 fully saturated rings. The number of carbonyl (C=O) groups excluding carboxylic acids is 1. The van der Waals surface area contributed by atoms with E-state index in [9.17, 15) is 4.79 Å². The molecule has 2 aromatic heterocycles. The van der Waals surface area contributed by atoms with Crippen molar-refractivity contribution in [1.82, 2.24) is 24.8 Å². The number of nitrogens with one attached hydrogen (secondary N) is 1. The van der Waals surface area contributed by atoms with Gasteiger partial charge in [-0.25, -0.2) is 15.0 Å². The van der Waals surface area contributed by atoms with Gasteiger partial charge in [0.15, 0.2) is 0 Å². The van der Waals surface area contributed by atoms with Crippen molar-refractivity contribution in [3.63, 3.8) is 0 Å². The summed E-state index contributed by atoms with van der Waals surface area (Å²) in [4.78, 5) is 27.5. The number of anilines is 1. The monoisotopic (exact) mass is 336 g/mol. The van der Waals surface area contributed by atoms with E-state index in [4.69, 9.17) is 0 Å². The molecule has 0 bridgehead atoms. The number of benzene rings is 1. The molecule has 1 aliphatic heterocycles. The van der Waals surface area contributed by atoms with Crippen LogP contribution >= 0.6 is 0 Å². The van der Waals surface area contributed by atoms with Crippen LogP contribution in [0.1, 0.15) is 23.3 Å². The van der Waals surface area contributed by atoms with E-state index >= 15 is 0 Å². The maximum absolute atomic E-state index is 12.4. The number of piperidine rings is 1. The molecule has 1 amide bonds. The maximum Gasteiger partial charge on any atom is 0.271 e. The molecule has 0 aliphatic carbocycles. The standard InChI is InChI=1S/C18H20N6O/c1-23-10-16(21-12-23)18(25)22-13-5-4-8-24(9-13)17-14-6-2-3-7-15(14)19-11-20-17/h2-3,6-7,10-13H,4-5,8-9H2,1H3,(H,22,25). The highest BCUT2D eigenvalue weighted by atomic mass is 16.2. The number of carbonyl (C=O) groups is 1. The third-order valence-electron chi connectivity index (χ3n) is 4.52. The Bertz CT molecular complexity index is 900. The number of para-hydroxylation sites is 1. The molecule has 1 atom stereocenters. The molecular formula is C18H20N6O. The maximum atomic E-state index is 12.4. The Hall–Kier alpha value is -2.96. The number of rotatable bonds is 3. The van der Waals surface area contributed by atoms with Crippen molar-refractivity contribution in [3.05, 3.63) is 48.8 Å². The van der Waals surface area contributed by atoms with E-state index in [-0.39, 0.29) is 11.9 Å². The first kappa shape index (κ1) is 15.6. The molecule has 4 rings (SSSR count). The second-order valence-corrected chi connectivity index (χ2v) is 6.40. The summed E-state index contributed by atoms with van der Waals surface area (Å²) in [5, 5.41) is 4.14. The fourth-order valence-corrected chi connectivity index (χ4v) is 3.32. The van der Waals surface area contributed by atoms with Gasteiger partial charge in [0.1, 0.15) is 17.8 Å². The van der Waals surface area contributed by atoms with Crippen molar-refractivity contribution >= 4 is 22.6 Å². The zero-order chi connectivity index (χ0) is 17.2.